The lowest BCUT2D eigenvalue weighted by Gasteiger charge is -2.44. The maximum Gasteiger partial charge on any atom is 0.0258 e. The smallest absolute Gasteiger partial charge is 0.0258 e. The molecule has 0 radical (unpaired) electrons. The molecule has 3 nitrogen and oxygen atoms in total. The van der Waals surface area contributed by atoms with Crippen LogP contribution in [0, 0.1) is 21.7 Å². The fourth-order valence-corrected chi connectivity index (χ4v) is 7.24. The van der Waals surface area contributed by atoms with Crippen molar-refractivity contribution in [2.45, 2.75) is 174 Å². The summed E-state index contributed by atoms with van der Waals surface area (Å²) >= 11 is 0. The van der Waals surface area contributed by atoms with Gasteiger partial charge in [0.15, 0.2) is 0 Å². The number of hydrogen-bond donors (Lipinski definition) is 0. The Bertz CT molecular complexity index is 588. The molecule has 1 aliphatic carbocycles. The third-order valence-corrected chi connectivity index (χ3v) is 9.62. The zero-order valence-electron chi connectivity index (χ0n) is 30.9. The monoisotopic (exact) mass is 570 g/mol. The van der Waals surface area contributed by atoms with E-state index in [1.54, 1.807) is 0 Å². The summed E-state index contributed by atoms with van der Waals surface area (Å²) in [6, 6.07) is 0.812. The van der Waals surface area contributed by atoms with Crippen LogP contribution in [-0.2, 0) is 0 Å². The standard InChI is InChI=1S/C11H21N.C10H21N.C9H19N.3C2H6.CH4/c1-10(2,3)11-6-4-8-12(11)9-5-7-11;1-9(2,3)10(6-7-10)8-11(4)5;1-9(2,3)8-6-5-7-10(8)4;3*1-2;/h4-9H2,1-3H3;6-8H2,1-5H3;8H,5-7H2,1-4H3;3*1-2H3;1H4. The van der Waals surface area contributed by atoms with Crippen LogP contribution in [0.1, 0.15) is 163 Å². The summed E-state index contributed by atoms with van der Waals surface area (Å²) in [6.45, 7) is 38.6. The predicted molar refractivity (Wildman–Crippen MR) is 188 cm³/mol. The van der Waals surface area contributed by atoms with E-state index >= 15 is 0 Å². The van der Waals surface area contributed by atoms with Gasteiger partial charge >= 0.3 is 0 Å². The zero-order valence-corrected chi connectivity index (χ0v) is 30.9. The van der Waals surface area contributed by atoms with Crippen LogP contribution in [0.4, 0.5) is 0 Å². The number of likely N-dealkylation sites (tertiary alicyclic amines) is 1. The number of hydrogen-bond acceptors (Lipinski definition) is 3. The van der Waals surface area contributed by atoms with Crippen molar-refractivity contribution >= 4 is 0 Å². The minimum absolute atomic E-state index is 0. The van der Waals surface area contributed by atoms with Crippen molar-refractivity contribution in [1.29, 1.82) is 0 Å². The second kappa shape index (κ2) is 19.2. The first kappa shape index (κ1) is 44.3. The summed E-state index contributed by atoms with van der Waals surface area (Å²) in [6.07, 6.45) is 11.4. The van der Waals surface area contributed by atoms with Gasteiger partial charge in [-0.2, -0.15) is 0 Å². The van der Waals surface area contributed by atoms with Crippen LogP contribution in [0.2, 0.25) is 0 Å². The number of rotatable bonds is 2. The summed E-state index contributed by atoms with van der Waals surface area (Å²) in [5.74, 6) is 0. The maximum absolute atomic E-state index is 2.74. The van der Waals surface area contributed by atoms with E-state index in [2.05, 4.69) is 98.2 Å². The minimum atomic E-state index is 0. The Morgan fingerprint density at radius 1 is 0.650 bits per heavy atom. The fourth-order valence-electron chi connectivity index (χ4n) is 7.24. The van der Waals surface area contributed by atoms with E-state index in [0.29, 0.717) is 27.2 Å². The second-order valence-corrected chi connectivity index (χ2v) is 15.2. The summed E-state index contributed by atoms with van der Waals surface area (Å²) in [5, 5.41) is 0. The van der Waals surface area contributed by atoms with Crippen molar-refractivity contribution in [2.75, 3.05) is 47.3 Å². The SMILES string of the molecule is C.CC.CC.CC.CC(C)(C)C12CCCN1CCC2.CN(C)CC1(C(C)(C)C)CC1.CN1CCCC1C(C)(C)C. The van der Waals surface area contributed by atoms with E-state index in [9.17, 15) is 0 Å². The van der Waals surface area contributed by atoms with Gasteiger partial charge in [0, 0.05) is 18.1 Å². The van der Waals surface area contributed by atoms with E-state index in [0.717, 1.165) is 6.04 Å². The van der Waals surface area contributed by atoms with Crippen molar-refractivity contribution < 1.29 is 0 Å². The molecule has 0 aromatic rings. The molecule has 1 saturated carbocycles. The Morgan fingerprint density at radius 3 is 1.25 bits per heavy atom. The molecule has 0 N–H and O–H groups in total. The van der Waals surface area contributed by atoms with Gasteiger partial charge in [0.1, 0.15) is 0 Å². The zero-order chi connectivity index (χ0) is 31.3. The van der Waals surface area contributed by atoms with Gasteiger partial charge in [-0.05, 0) is 114 Å². The molecular weight excluding hydrogens is 486 g/mol. The molecule has 0 amide bonds. The molecule has 0 bridgehead atoms. The highest BCUT2D eigenvalue weighted by Crippen LogP contribution is 2.58. The van der Waals surface area contributed by atoms with E-state index in [4.69, 9.17) is 0 Å². The Balaban J connectivity index is -0.000000465. The lowest BCUT2D eigenvalue weighted by atomic mass is 9.71. The summed E-state index contributed by atoms with van der Waals surface area (Å²) in [5.41, 5.74) is 2.67. The molecule has 3 aliphatic heterocycles. The van der Waals surface area contributed by atoms with Crippen LogP contribution in [0.15, 0.2) is 0 Å². The Kier molecular flexibility index (Phi) is 21.3. The minimum Gasteiger partial charge on any atom is -0.309 e. The van der Waals surface area contributed by atoms with Gasteiger partial charge in [0.25, 0.3) is 0 Å². The normalized spacial score (nSPS) is 22.7. The summed E-state index contributed by atoms with van der Waals surface area (Å²) in [4.78, 5) is 7.55. The highest BCUT2D eigenvalue weighted by Gasteiger charge is 2.52. The first-order valence-corrected chi connectivity index (χ1v) is 17.1. The Morgan fingerprint density at radius 2 is 1.07 bits per heavy atom. The average Bonchev–Trinajstić information content (AvgIpc) is 3.17. The molecule has 3 heterocycles. The molecule has 246 valence electrons. The average molecular weight is 570 g/mol. The molecule has 0 spiro atoms. The highest BCUT2D eigenvalue weighted by molar-refractivity contribution is 5.06. The molecule has 4 fully saturated rings. The molecule has 3 heteroatoms. The molecule has 1 unspecified atom stereocenters. The van der Waals surface area contributed by atoms with Crippen molar-refractivity contribution in [3.8, 4) is 0 Å². The summed E-state index contributed by atoms with van der Waals surface area (Å²) < 4.78 is 0. The van der Waals surface area contributed by atoms with Crippen LogP contribution in [0.25, 0.3) is 0 Å². The van der Waals surface area contributed by atoms with Gasteiger partial charge < -0.3 is 9.80 Å². The molecule has 0 aromatic carbocycles. The van der Waals surface area contributed by atoms with Gasteiger partial charge in [-0.25, -0.2) is 0 Å². The molecule has 4 aliphatic rings. The van der Waals surface area contributed by atoms with Crippen LogP contribution < -0.4 is 0 Å². The first-order chi connectivity index (χ1) is 18.0. The Hall–Kier alpha value is -0.120. The largest absolute Gasteiger partial charge is 0.309 e. The molecule has 4 rings (SSSR count). The maximum atomic E-state index is 2.74. The van der Waals surface area contributed by atoms with Gasteiger partial charge in [-0.15, -0.1) is 0 Å². The van der Waals surface area contributed by atoms with Crippen molar-refractivity contribution in [3.63, 3.8) is 0 Å². The second-order valence-electron chi connectivity index (χ2n) is 15.2. The van der Waals surface area contributed by atoms with E-state index in [-0.39, 0.29) is 7.43 Å². The van der Waals surface area contributed by atoms with Gasteiger partial charge in [-0.1, -0.05) is 111 Å². The molecule has 0 aromatic heterocycles. The van der Waals surface area contributed by atoms with E-state index in [1.165, 1.54) is 77.5 Å². The quantitative estimate of drug-likeness (QED) is 0.327. The molecule has 40 heavy (non-hydrogen) atoms. The van der Waals surface area contributed by atoms with Crippen LogP contribution in [-0.4, -0.2) is 73.6 Å². The van der Waals surface area contributed by atoms with Crippen LogP contribution >= 0.6 is 0 Å². The summed E-state index contributed by atoms with van der Waals surface area (Å²) in [7, 11) is 6.58. The third kappa shape index (κ3) is 12.6. The van der Waals surface area contributed by atoms with Crippen LogP contribution in [0.5, 0.6) is 0 Å². The van der Waals surface area contributed by atoms with Gasteiger partial charge in [0.05, 0.1) is 0 Å². The predicted octanol–water partition coefficient (Wildman–Crippen LogP) is 10.9. The topological polar surface area (TPSA) is 9.72 Å². The van der Waals surface area contributed by atoms with Crippen LogP contribution in [0.3, 0.4) is 0 Å². The number of fused-ring (bicyclic) bond motifs is 1. The molecule has 3 saturated heterocycles. The lowest BCUT2D eigenvalue weighted by molar-refractivity contribution is 0.0642. The lowest BCUT2D eigenvalue weighted by Crippen LogP contribution is -2.48. The highest BCUT2D eigenvalue weighted by atomic mass is 15.2. The first-order valence-electron chi connectivity index (χ1n) is 17.1. The van der Waals surface area contributed by atoms with Crippen molar-refractivity contribution in [1.82, 2.24) is 14.7 Å². The van der Waals surface area contributed by atoms with E-state index < -0.39 is 0 Å². The molecule has 1 atom stereocenters. The third-order valence-electron chi connectivity index (χ3n) is 9.62. The molecular formula is C37H83N3. The van der Waals surface area contributed by atoms with Crippen molar-refractivity contribution in [2.24, 2.45) is 21.7 Å². The van der Waals surface area contributed by atoms with E-state index in [1.807, 2.05) is 41.5 Å². The van der Waals surface area contributed by atoms with Crippen molar-refractivity contribution in [3.05, 3.63) is 0 Å². The fraction of sp³-hybridized carbons (Fsp3) is 1.00. The van der Waals surface area contributed by atoms with Gasteiger partial charge in [-0.3, -0.25) is 4.90 Å². The Labute approximate surface area is 257 Å². The number of nitrogens with zero attached hydrogens (tertiary/aromatic N) is 3. The van der Waals surface area contributed by atoms with Gasteiger partial charge in [0.2, 0.25) is 0 Å².